The molecule has 4 fully saturated rings. The van der Waals surface area contributed by atoms with Crippen LogP contribution in [0.5, 0.6) is 0 Å². The molecular weight excluding hydrogens is 519 g/mol. The maximum atomic E-state index is 14.4. The first-order valence-corrected chi connectivity index (χ1v) is 15.1. The van der Waals surface area contributed by atoms with Crippen LogP contribution in [0.1, 0.15) is 99.3 Å². The van der Waals surface area contributed by atoms with Gasteiger partial charge in [-0.2, -0.15) is 13.2 Å². The lowest BCUT2D eigenvalue weighted by Gasteiger charge is -2.69. The van der Waals surface area contributed by atoms with Crippen LogP contribution < -0.4 is 5.32 Å². The van der Waals surface area contributed by atoms with Crippen molar-refractivity contribution >= 4 is 17.5 Å². The lowest BCUT2D eigenvalue weighted by molar-refractivity contribution is -0.184. The molecule has 0 bridgehead atoms. The second kappa shape index (κ2) is 8.90. The highest BCUT2D eigenvalue weighted by molar-refractivity contribution is 5.97. The average Bonchev–Trinajstić information content (AvgIpc) is 2.85. The number of carbonyl (C=O) groups excluding carboxylic acids is 3. The smallest absolute Gasteiger partial charge is 0.395 e. The number of amides is 1. The van der Waals surface area contributed by atoms with Crippen molar-refractivity contribution in [2.75, 3.05) is 13.2 Å². The van der Waals surface area contributed by atoms with Gasteiger partial charge in [0.1, 0.15) is 12.3 Å². The number of alkyl halides is 3. The van der Waals surface area contributed by atoms with Gasteiger partial charge in [0, 0.05) is 12.3 Å². The molecule has 0 spiro atoms. The van der Waals surface area contributed by atoms with Gasteiger partial charge in [-0.3, -0.25) is 14.4 Å². The van der Waals surface area contributed by atoms with Crippen molar-refractivity contribution in [3.63, 3.8) is 0 Å². The van der Waals surface area contributed by atoms with Crippen molar-refractivity contribution in [3.8, 4) is 0 Å². The number of aliphatic hydroxyl groups excluding tert-OH is 1. The molecule has 5 nitrogen and oxygen atoms in total. The van der Waals surface area contributed by atoms with Gasteiger partial charge < -0.3 is 10.4 Å². The number of allylic oxidation sites excluding steroid dienone is 2. The highest BCUT2D eigenvalue weighted by atomic mass is 19.4. The summed E-state index contributed by atoms with van der Waals surface area (Å²) in [6.45, 7) is 11.2. The van der Waals surface area contributed by atoms with Crippen LogP contribution >= 0.6 is 0 Å². The fourth-order valence-corrected chi connectivity index (χ4v) is 10.6. The summed E-state index contributed by atoms with van der Waals surface area (Å²) in [4.78, 5) is 41.0. The van der Waals surface area contributed by atoms with Crippen LogP contribution in [0.25, 0.3) is 0 Å². The molecule has 1 amide bonds. The maximum absolute atomic E-state index is 14.4. The monoisotopic (exact) mass is 565 g/mol. The Bertz CT molecular complexity index is 1160. The Morgan fingerprint density at radius 2 is 1.65 bits per heavy atom. The Hall–Kier alpha value is -1.70. The van der Waals surface area contributed by atoms with Crippen LogP contribution in [0.15, 0.2) is 11.6 Å². The van der Waals surface area contributed by atoms with E-state index in [4.69, 9.17) is 0 Å². The summed E-state index contributed by atoms with van der Waals surface area (Å²) in [5, 5.41) is 12.6. The van der Waals surface area contributed by atoms with Gasteiger partial charge in [0.05, 0.1) is 17.4 Å². The van der Waals surface area contributed by atoms with E-state index in [1.54, 1.807) is 0 Å². The van der Waals surface area contributed by atoms with E-state index in [2.05, 4.69) is 39.9 Å². The SMILES string of the molecule is CC1(C)CC[C@]2(C(=O)NCC(F)(F)F)CC[C@]3(C)[C@H](C(=O)C=C4[C@@]5(C)CCC(=O)[C@@](C)(CO)[C@@H]5CC[C@]43C)[C@@H]2C1. The first-order valence-electron chi connectivity index (χ1n) is 15.1. The number of hydrogen-bond acceptors (Lipinski definition) is 4. The number of ketones is 2. The highest BCUT2D eigenvalue weighted by Crippen LogP contribution is 2.74. The van der Waals surface area contributed by atoms with Crippen molar-refractivity contribution < 1.29 is 32.7 Å². The second-order valence-electron chi connectivity index (χ2n) is 15.6. The number of hydrogen-bond donors (Lipinski definition) is 2. The van der Waals surface area contributed by atoms with E-state index in [1.807, 2.05) is 13.0 Å². The van der Waals surface area contributed by atoms with Crippen molar-refractivity contribution in [2.24, 2.45) is 50.2 Å². The predicted molar refractivity (Wildman–Crippen MR) is 145 cm³/mol. The topological polar surface area (TPSA) is 83.5 Å². The minimum Gasteiger partial charge on any atom is -0.395 e. The molecule has 0 heterocycles. The average molecular weight is 566 g/mol. The summed E-state index contributed by atoms with van der Waals surface area (Å²) in [5.74, 6) is -1.35. The number of carbonyl (C=O) groups is 3. The van der Waals surface area contributed by atoms with E-state index >= 15 is 0 Å². The summed E-state index contributed by atoms with van der Waals surface area (Å²) >= 11 is 0. The summed E-state index contributed by atoms with van der Waals surface area (Å²) in [5.41, 5.74) is -2.12. The molecule has 5 aliphatic carbocycles. The van der Waals surface area contributed by atoms with Gasteiger partial charge in [0.2, 0.25) is 5.91 Å². The molecule has 0 aliphatic heterocycles. The molecule has 8 heteroatoms. The molecule has 5 aliphatic rings. The van der Waals surface area contributed by atoms with Crippen LogP contribution in [0.2, 0.25) is 0 Å². The first-order chi connectivity index (χ1) is 18.3. The Kier molecular flexibility index (Phi) is 6.63. The van der Waals surface area contributed by atoms with Gasteiger partial charge in [-0.15, -0.1) is 0 Å². The third kappa shape index (κ3) is 3.93. The van der Waals surface area contributed by atoms with Gasteiger partial charge in [0.15, 0.2) is 5.78 Å². The molecule has 4 saturated carbocycles. The van der Waals surface area contributed by atoms with Gasteiger partial charge in [0.25, 0.3) is 0 Å². The molecule has 8 atom stereocenters. The summed E-state index contributed by atoms with van der Waals surface area (Å²) in [6, 6.07) is 0. The molecule has 0 aromatic rings. The number of Topliss-reactive ketones (excluding diaryl/α,β-unsaturated/α-hetero) is 1. The number of rotatable bonds is 3. The maximum Gasteiger partial charge on any atom is 0.405 e. The second-order valence-corrected chi connectivity index (χ2v) is 15.6. The zero-order valence-electron chi connectivity index (χ0n) is 24.9. The molecule has 0 radical (unpaired) electrons. The summed E-state index contributed by atoms with van der Waals surface area (Å²) < 4.78 is 39.4. The molecular formula is C32H46F3NO4. The number of halogens is 3. The largest absolute Gasteiger partial charge is 0.405 e. The van der Waals surface area contributed by atoms with E-state index in [-0.39, 0.29) is 40.8 Å². The van der Waals surface area contributed by atoms with E-state index in [0.29, 0.717) is 38.5 Å². The lowest BCUT2D eigenvalue weighted by Crippen LogP contribution is -2.67. The molecule has 5 rings (SSSR count). The molecule has 0 aromatic heterocycles. The van der Waals surface area contributed by atoms with E-state index in [9.17, 15) is 32.7 Å². The van der Waals surface area contributed by atoms with Gasteiger partial charge in [-0.1, -0.05) is 47.1 Å². The standard InChI is InChI=1S/C32H46F3NO4/c1-26(2)11-13-31(25(40)36-17-32(33,34)35)14-12-30(6)24(19(31)16-26)20(38)15-22-27(3)9-8-23(39)28(4,18-37)21(27)7-10-29(22,30)5/h15,19,21,24,37H,7-14,16-18H2,1-6H3,(H,36,40)/t19-,21+,24-,27-,28-,29+,30+,31-/m0/s1. The molecule has 40 heavy (non-hydrogen) atoms. The zero-order chi connectivity index (χ0) is 29.7. The number of nitrogens with one attached hydrogen (secondary N) is 1. The van der Waals surface area contributed by atoms with Crippen LogP contribution in [0.3, 0.4) is 0 Å². The fraction of sp³-hybridized carbons (Fsp3) is 0.844. The third-order valence-corrected chi connectivity index (χ3v) is 13.2. The Morgan fingerprint density at radius 3 is 2.27 bits per heavy atom. The van der Waals surface area contributed by atoms with Gasteiger partial charge in [-0.25, -0.2) is 0 Å². The van der Waals surface area contributed by atoms with Gasteiger partial charge >= 0.3 is 6.18 Å². The molecule has 0 saturated heterocycles. The van der Waals surface area contributed by atoms with Crippen LogP contribution in [-0.2, 0) is 14.4 Å². The molecule has 0 unspecified atom stereocenters. The predicted octanol–water partition coefficient (Wildman–Crippen LogP) is 6.19. The summed E-state index contributed by atoms with van der Waals surface area (Å²) in [7, 11) is 0. The molecule has 224 valence electrons. The minimum absolute atomic E-state index is 0.0187. The quantitative estimate of drug-likeness (QED) is 0.428. The Labute approximate surface area is 236 Å². The third-order valence-electron chi connectivity index (χ3n) is 13.2. The van der Waals surface area contributed by atoms with E-state index in [1.165, 1.54) is 0 Å². The van der Waals surface area contributed by atoms with Crippen LogP contribution in [-0.4, -0.2) is 41.9 Å². The van der Waals surface area contributed by atoms with Crippen molar-refractivity contribution in [3.05, 3.63) is 11.6 Å². The molecule has 0 aromatic carbocycles. The van der Waals surface area contributed by atoms with Crippen LogP contribution in [0.4, 0.5) is 13.2 Å². The van der Waals surface area contributed by atoms with Crippen molar-refractivity contribution in [1.82, 2.24) is 5.32 Å². The van der Waals surface area contributed by atoms with Crippen molar-refractivity contribution in [2.45, 2.75) is 106 Å². The van der Waals surface area contributed by atoms with Crippen LogP contribution in [0, 0.1) is 50.2 Å². The molecule has 2 N–H and O–H groups in total. The summed E-state index contributed by atoms with van der Waals surface area (Å²) in [6.07, 6.45) is 2.74. The van der Waals surface area contributed by atoms with E-state index in [0.717, 1.165) is 24.8 Å². The van der Waals surface area contributed by atoms with E-state index < -0.39 is 46.2 Å². The Balaban J connectivity index is 1.60. The number of aliphatic hydroxyl groups is 1. The highest BCUT2D eigenvalue weighted by Gasteiger charge is 2.71. The lowest BCUT2D eigenvalue weighted by atomic mass is 9.33. The van der Waals surface area contributed by atoms with Crippen molar-refractivity contribution in [1.29, 1.82) is 0 Å². The zero-order valence-corrected chi connectivity index (χ0v) is 24.9. The normalized spacial score (nSPS) is 46.4. The fourth-order valence-electron chi connectivity index (χ4n) is 10.6. The number of fused-ring (bicyclic) bond motifs is 7. The Morgan fingerprint density at radius 1 is 1.00 bits per heavy atom. The minimum atomic E-state index is -4.50. The first kappa shape index (κ1) is 29.8. The van der Waals surface area contributed by atoms with Gasteiger partial charge in [-0.05, 0) is 90.9 Å².